The fourth-order valence-corrected chi connectivity index (χ4v) is 5.17. The summed E-state index contributed by atoms with van der Waals surface area (Å²) in [7, 11) is 2.52. The van der Waals surface area contributed by atoms with Crippen molar-refractivity contribution < 1.29 is 32.1 Å². The highest BCUT2D eigenvalue weighted by molar-refractivity contribution is 5.47. The van der Waals surface area contributed by atoms with E-state index in [1.807, 2.05) is 18.2 Å². The highest BCUT2D eigenvalue weighted by atomic mass is 19.2. The second kappa shape index (κ2) is 12.4. The third-order valence-electron chi connectivity index (χ3n) is 6.93. The second-order valence-corrected chi connectivity index (χ2v) is 9.03. The minimum absolute atomic E-state index is 0.235. The number of fused-ring (bicyclic) bond motifs is 1. The first-order valence-electron chi connectivity index (χ1n) is 12.1. The van der Waals surface area contributed by atoms with Crippen LogP contribution in [0.1, 0.15) is 86.3 Å². The molecule has 0 saturated heterocycles. The summed E-state index contributed by atoms with van der Waals surface area (Å²) in [6.07, 6.45) is 9.04. The number of rotatable bonds is 13. The Bertz CT molecular complexity index is 934. The third kappa shape index (κ3) is 5.68. The Morgan fingerprint density at radius 2 is 1.38 bits per heavy atom. The maximum Gasteiger partial charge on any atom is 0.204 e. The Morgan fingerprint density at radius 3 is 1.94 bits per heavy atom. The first kappa shape index (κ1) is 26.3. The van der Waals surface area contributed by atoms with Gasteiger partial charge in [-0.15, -0.1) is 0 Å². The molecule has 1 N–H and O–H groups in total. The van der Waals surface area contributed by atoms with E-state index in [9.17, 15) is 17.6 Å². The van der Waals surface area contributed by atoms with Crippen molar-refractivity contribution >= 4 is 0 Å². The van der Waals surface area contributed by atoms with Gasteiger partial charge in [0.1, 0.15) is 5.75 Å². The molecule has 0 bridgehead atoms. The van der Waals surface area contributed by atoms with E-state index < -0.39 is 40.5 Å². The minimum atomic E-state index is -1.50. The molecule has 3 nitrogen and oxygen atoms in total. The molecular formula is C27H34F4O3. The first-order chi connectivity index (χ1) is 16.4. The average molecular weight is 483 g/mol. The van der Waals surface area contributed by atoms with Gasteiger partial charge in [-0.05, 0) is 48.4 Å². The molecule has 0 aromatic heterocycles. The first-order valence-corrected chi connectivity index (χ1v) is 12.1. The monoisotopic (exact) mass is 482 g/mol. The molecule has 3 rings (SSSR count). The number of hydrogen-bond acceptors (Lipinski definition) is 3. The van der Waals surface area contributed by atoms with Crippen molar-refractivity contribution in [2.45, 2.75) is 76.0 Å². The van der Waals surface area contributed by atoms with Crippen molar-refractivity contribution in [2.24, 2.45) is 0 Å². The molecule has 0 radical (unpaired) electrons. The number of ether oxygens (including phenoxy) is 2. The Kier molecular flexibility index (Phi) is 9.63. The van der Waals surface area contributed by atoms with Gasteiger partial charge < -0.3 is 14.6 Å². The molecule has 0 saturated carbocycles. The summed E-state index contributed by atoms with van der Waals surface area (Å²) in [6.45, 7) is 0.235. The molecule has 0 fully saturated rings. The lowest BCUT2D eigenvalue weighted by atomic mass is 9.82. The van der Waals surface area contributed by atoms with Crippen molar-refractivity contribution in [3.05, 3.63) is 58.2 Å². The lowest BCUT2D eigenvalue weighted by molar-refractivity contribution is 0.282. The average Bonchev–Trinajstić information content (AvgIpc) is 3.19. The van der Waals surface area contributed by atoms with Gasteiger partial charge in [0.25, 0.3) is 0 Å². The highest BCUT2D eigenvalue weighted by Crippen LogP contribution is 2.50. The van der Waals surface area contributed by atoms with E-state index in [4.69, 9.17) is 9.84 Å². The van der Waals surface area contributed by atoms with E-state index in [-0.39, 0.29) is 18.9 Å². The Morgan fingerprint density at radius 1 is 0.794 bits per heavy atom. The number of aliphatic hydroxyl groups is 1. The van der Waals surface area contributed by atoms with E-state index >= 15 is 0 Å². The van der Waals surface area contributed by atoms with E-state index in [0.717, 1.165) is 69.6 Å². The summed E-state index contributed by atoms with van der Waals surface area (Å²) < 4.78 is 68.8. The molecule has 2 aromatic carbocycles. The fraction of sp³-hybridized carbons (Fsp3) is 0.556. The summed E-state index contributed by atoms with van der Waals surface area (Å²) in [5, 5.41) is 8.83. The van der Waals surface area contributed by atoms with Crippen LogP contribution in [0.4, 0.5) is 17.6 Å². The predicted molar refractivity (Wildman–Crippen MR) is 124 cm³/mol. The maximum atomic E-state index is 15.0. The normalized spacial score (nSPS) is 17.1. The molecule has 0 spiro atoms. The fourth-order valence-electron chi connectivity index (χ4n) is 5.17. The van der Waals surface area contributed by atoms with Gasteiger partial charge in [0.15, 0.2) is 17.4 Å². The third-order valence-corrected chi connectivity index (χ3v) is 6.93. The zero-order valence-corrected chi connectivity index (χ0v) is 19.9. The summed E-state index contributed by atoms with van der Waals surface area (Å²) in [5.74, 6) is -7.12. The largest absolute Gasteiger partial charge is 0.497 e. The van der Waals surface area contributed by atoms with Crippen LogP contribution in [0.15, 0.2) is 18.2 Å². The van der Waals surface area contributed by atoms with Crippen LogP contribution in [0.25, 0.3) is 0 Å². The molecular weight excluding hydrogens is 448 g/mol. The second-order valence-electron chi connectivity index (χ2n) is 9.03. The van der Waals surface area contributed by atoms with E-state index in [1.54, 1.807) is 7.11 Å². The zero-order chi connectivity index (χ0) is 24.7. The van der Waals surface area contributed by atoms with E-state index in [1.165, 1.54) is 0 Å². The molecule has 1 aliphatic rings. The van der Waals surface area contributed by atoms with Crippen LogP contribution < -0.4 is 9.47 Å². The van der Waals surface area contributed by atoms with Crippen LogP contribution in [-0.4, -0.2) is 25.9 Å². The quantitative estimate of drug-likeness (QED) is 0.187. The molecule has 1 aliphatic carbocycles. The van der Waals surface area contributed by atoms with Crippen LogP contribution in [-0.2, 0) is 6.42 Å². The van der Waals surface area contributed by atoms with Crippen LogP contribution in [0, 0.1) is 23.3 Å². The summed E-state index contributed by atoms with van der Waals surface area (Å²) in [5.41, 5.74) is 1.29. The van der Waals surface area contributed by atoms with Crippen LogP contribution in [0.3, 0.4) is 0 Å². The van der Waals surface area contributed by atoms with Crippen LogP contribution in [0.5, 0.6) is 11.5 Å². The number of aliphatic hydroxyl groups excluding tert-OH is 1. The minimum Gasteiger partial charge on any atom is -0.497 e. The smallest absolute Gasteiger partial charge is 0.204 e. The topological polar surface area (TPSA) is 38.7 Å². The highest BCUT2D eigenvalue weighted by Gasteiger charge is 2.39. The lowest BCUT2D eigenvalue weighted by Crippen LogP contribution is -2.15. The van der Waals surface area contributed by atoms with Gasteiger partial charge in [-0.2, -0.15) is 8.78 Å². The van der Waals surface area contributed by atoms with Crippen LogP contribution >= 0.6 is 0 Å². The van der Waals surface area contributed by atoms with Crippen molar-refractivity contribution in [1.82, 2.24) is 0 Å². The Balaban J connectivity index is 1.77. The molecule has 2 aromatic rings. The van der Waals surface area contributed by atoms with Crippen molar-refractivity contribution in [3.8, 4) is 11.5 Å². The van der Waals surface area contributed by atoms with Crippen LogP contribution in [0.2, 0.25) is 0 Å². The van der Waals surface area contributed by atoms with Gasteiger partial charge in [0.05, 0.1) is 14.2 Å². The standard InChI is InChI=1S/C27H34F4O3/c1-33-18-12-13-19-17(15-18)16-21(20(19)11-9-7-5-3-4-6-8-10-14-32)22-23(28)25(30)27(34-2)26(31)24(22)29/h12-13,15,20-21,32H,3-11,14,16H2,1-2H3. The van der Waals surface area contributed by atoms with Gasteiger partial charge in [0.2, 0.25) is 11.6 Å². The number of methoxy groups -OCH3 is 2. The molecule has 188 valence electrons. The summed E-state index contributed by atoms with van der Waals surface area (Å²) in [4.78, 5) is 0. The number of unbranched alkanes of at least 4 members (excludes halogenated alkanes) is 7. The van der Waals surface area contributed by atoms with Gasteiger partial charge in [0, 0.05) is 18.1 Å². The molecule has 0 aliphatic heterocycles. The van der Waals surface area contributed by atoms with E-state index in [0.29, 0.717) is 12.2 Å². The Hall–Kier alpha value is -2.28. The lowest BCUT2D eigenvalue weighted by Gasteiger charge is -2.23. The maximum absolute atomic E-state index is 15.0. The van der Waals surface area contributed by atoms with Gasteiger partial charge in [-0.25, -0.2) is 8.78 Å². The van der Waals surface area contributed by atoms with Gasteiger partial charge in [-0.1, -0.05) is 51.0 Å². The van der Waals surface area contributed by atoms with Crippen molar-refractivity contribution in [2.75, 3.05) is 20.8 Å². The molecule has 34 heavy (non-hydrogen) atoms. The van der Waals surface area contributed by atoms with Gasteiger partial charge >= 0.3 is 0 Å². The predicted octanol–water partition coefficient (Wildman–Crippen LogP) is 7.19. The molecule has 2 unspecified atom stereocenters. The Labute approximate surface area is 199 Å². The number of hydrogen-bond donors (Lipinski definition) is 1. The SMILES string of the molecule is COc1ccc2c(c1)CC(c1c(F)c(F)c(OC)c(F)c1F)C2CCCCCCCCCCO. The van der Waals surface area contributed by atoms with E-state index in [2.05, 4.69) is 4.74 Å². The summed E-state index contributed by atoms with van der Waals surface area (Å²) in [6, 6.07) is 5.54. The number of halogens is 4. The van der Waals surface area contributed by atoms with Crippen molar-refractivity contribution in [3.63, 3.8) is 0 Å². The number of benzene rings is 2. The van der Waals surface area contributed by atoms with Crippen molar-refractivity contribution in [1.29, 1.82) is 0 Å². The summed E-state index contributed by atoms with van der Waals surface area (Å²) >= 11 is 0. The molecule has 7 heteroatoms. The van der Waals surface area contributed by atoms with Gasteiger partial charge in [-0.3, -0.25) is 0 Å². The molecule has 0 amide bonds. The molecule has 0 heterocycles. The zero-order valence-electron chi connectivity index (χ0n) is 19.9. The molecule has 2 atom stereocenters.